The first-order valence-corrected chi connectivity index (χ1v) is 9.74. The molecule has 28 heavy (non-hydrogen) atoms. The van der Waals surface area contributed by atoms with Gasteiger partial charge in [0.2, 0.25) is 11.8 Å². The normalized spacial score (nSPS) is 14.6. The molecule has 1 aromatic rings. The summed E-state index contributed by atoms with van der Waals surface area (Å²) in [5.74, 6) is 0.0311. The van der Waals surface area contributed by atoms with Crippen LogP contribution in [0.25, 0.3) is 0 Å². The van der Waals surface area contributed by atoms with E-state index in [1.165, 1.54) is 32.1 Å². The van der Waals surface area contributed by atoms with E-state index < -0.39 is 0 Å². The molecule has 0 aliphatic carbocycles. The molecule has 0 bridgehead atoms. The lowest BCUT2D eigenvalue weighted by Gasteiger charge is -2.23. The third-order valence-corrected chi connectivity index (χ3v) is 4.60. The molecular formula is C20H34Cl2N4O2. The van der Waals surface area contributed by atoms with Crippen LogP contribution in [0.15, 0.2) is 24.3 Å². The quantitative estimate of drug-likeness (QED) is 0.547. The maximum absolute atomic E-state index is 12.3. The summed E-state index contributed by atoms with van der Waals surface area (Å²) in [6.07, 6.45) is 7.51. The summed E-state index contributed by atoms with van der Waals surface area (Å²) >= 11 is 0. The topological polar surface area (TPSA) is 73.5 Å². The van der Waals surface area contributed by atoms with Crippen LogP contribution in [0, 0.1) is 0 Å². The fraction of sp³-hybridized carbons (Fsp3) is 0.600. The fourth-order valence-corrected chi connectivity index (χ4v) is 3.16. The SMILES string of the molecule is CNCCCC(=O)Nc1ccc(NC(=O)CN2CCCCCCC2)cc1.Cl.Cl. The Morgan fingerprint density at radius 3 is 1.89 bits per heavy atom. The minimum atomic E-state index is 0. The number of anilines is 2. The molecule has 0 saturated carbocycles. The fourth-order valence-electron chi connectivity index (χ4n) is 3.16. The number of nitrogens with one attached hydrogen (secondary N) is 3. The molecule has 1 saturated heterocycles. The van der Waals surface area contributed by atoms with Crippen LogP contribution in [0.1, 0.15) is 44.9 Å². The van der Waals surface area contributed by atoms with Crippen LogP contribution in [-0.2, 0) is 9.59 Å². The van der Waals surface area contributed by atoms with Crippen molar-refractivity contribution in [2.45, 2.75) is 44.9 Å². The molecule has 3 N–H and O–H groups in total. The predicted molar refractivity (Wildman–Crippen MR) is 121 cm³/mol. The number of nitrogens with zero attached hydrogens (tertiary/aromatic N) is 1. The van der Waals surface area contributed by atoms with Crippen molar-refractivity contribution in [3.8, 4) is 0 Å². The van der Waals surface area contributed by atoms with Gasteiger partial charge in [0.25, 0.3) is 0 Å². The van der Waals surface area contributed by atoms with Gasteiger partial charge in [-0.05, 0) is 70.2 Å². The average molecular weight is 433 g/mol. The lowest BCUT2D eigenvalue weighted by molar-refractivity contribution is -0.117. The summed E-state index contributed by atoms with van der Waals surface area (Å²) in [7, 11) is 1.87. The Hall–Kier alpha value is -1.34. The van der Waals surface area contributed by atoms with Gasteiger partial charge in [0, 0.05) is 17.8 Å². The Labute approximate surface area is 181 Å². The summed E-state index contributed by atoms with van der Waals surface area (Å²) in [6, 6.07) is 7.30. The van der Waals surface area contributed by atoms with Gasteiger partial charge in [-0.3, -0.25) is 14.5 Å². The summed E-state index contributed by atoms with van der Waals surface area (Å²) in [5.41, 5.74) is 1.51. The van der Waals surface area contributed by atoms with Gasteiger partial charge in [-0.15, -0.1) is 24.8 Å². The number of hydrogen-bond donors (Lipinski definition) is 3. The average Bonchev–Trinajstić information content (AvgIpc) is 2.59. The number of likely N-dealkylation sites (tertiary alicyclic amines) is 1. The van der Waals surface area contributed by atoms with Gasteiger partial charge in [0.15, 0.2) is 0 Å². The Morgan fingerprint density at radius 1 is 0.857 bits per heavy atom. The minimum Gasteiger partial charge on any atom is -0.326 e. The molecule has 1 aliphatic rings. The molecular weight excluding hydrogens is 399 g/mol. The van der Waals surface area contributed by atoms with E-state index in [-0.39, 0.29) is 36.6 Å². The van der Waals surface area contributed by atoms with E-state index in [0.29, 0.717) is 13.0 Å². The van der Waals surface area contributed by atoms with Crippen LogP contribution in [0.5, 0.6) is 0 Å². The minimum absolute atomic E-state index is 0. The largest absolute Gasteiger partial charge is 0.326 e. The van der Waals surface area contributed by atoms with Crippen molar-refractivity contribution < 1.29 is 9.59 Å². The molecule has 2 rings (SSSR count). The van der Waals surface area contributed by atoms with Gasteiger partial charge in [0.1, 0.15) is 0 Å². The Bertz CT molecular complexity index is 562. The highest BCUT2D eigenvalue weighted by molar-refractivity contribution is 5.93. The van der Waals surface area contributed by atoms with Crippen LogP contribution >= 0.6 is 24.8 Å². The van der Waals surface area contributed by atoms with Gasteiger partial charge in [-0.2, -0.15) is 0 Å². The van der Waals surface area contributed by atoms with Crippen LogP contribution in [0.4, 0.5) is 11.4 Å². The summed E-state index contributed by atoms with van der Waals surface area (Å²) in [5, 5.41) is 8.84. The van der Waals surface area contributed by atoms with E-state index in [1.54, 1.807) is 0 Å². The van der Waals surface area contributed by atoms with E-state index >= 15 is 0 Å². The van der Waals surface area contributed by atoms with Crippen molar-refractivity contribution in [1.82, 2.24) is 10.2 Å². The van der Waals surface area contributed by atoms with Gasteiger partial charge in [-0.1, -0.05) is 19.3 Å². The Morgan fingerprint density at radius 2 is 1.36 bits per heavy atom. The molecule has 1 aliphatic heterocycles. The van der Waals surface area contributed by atoms with E-state index in [9.17, 15) is 9.59 Å². The Kier molecular flexibility index (Phi) is 14.8. The number of rotatable bonds is 8. The third-order valence-electron chi connectivity index (χ3n) is 4.60. The lowest BCUT2D eigenvalue weighted by atomic mass is 10.1. The molecule has 1 fully saturated rings. The van der Waals surface area contributed by atoms with E-state index in [4.69, 9.17) is 0 Å². The van der Waals surface area contributed by atoms with Crippen molar-refractivity contribution in [1.29, 1.82) is 0 Å². The van der Waals surface area contributed by atoms with Crippen molar-refractivity contribution in [2.75, 3.05) is 43.9 Å². The number of carbonyl (C=O) groups is 2. The maximum Gasteiger partial charge on any atom is 0.238 e. The van der Waals surface area contributed by atoms with Gasteiger partial charge < -0.3 is 16.0 Å². The number of hydrogen-bond acceptors (Lipinski definition) is 4. The maximum atomic E-state index is 12.3. The molecule has 1 heterocycles. The molecule has 8 heteroatoms. The van der Waals surface area contributed by atoms with E-state index in [2.05, 4.69) is 20.9 Å². The van der Waals surface area contributed by atoms with Crippen LogP contribution < -0.4 is 16.0 Å². The molecule has 2 amide bonds. The first-order valence-electron chi connectivity index (χ1n) is 9.74. The molecule has 1 aromatic carbocycles. The summed E-state index contributed by atoms with van der Waals surface area (Å²) in [4.78, 5) is 26.3. The van der Waals surface area contributed by atoms with Crippen molar-refractivity contribution in [2.24, 2.45) is 0 Å². The molecule has 0 unspecified atom stereocenters. The first-order chi connectivity index (χ1) is 12.7. The van der Waals surface area contributed by atoms with Crippen molar-refractivity contribution in [3.63, 3.8) is 0 Å². The van der Waals surface area contributed by atoms with Gasteiger partial charge in [0.05, 0.1) is 6.54 Å². The summed E-state index contributed by atoms with van der Waals surface area (Å²) < 4.78 is 0. The predicted octanol–water partition coefficient (Wildman–Crippen LogP) is 3.67. The summed E-state index contributed by atoms with van der Waals surface area (Å²) in [6.45, 7) is 3.29. The van der Waals surface area contributed by atoms with Crippen LogP contribution in [0.2, 0.25) is 0 Å². The molecule has 0 atom stereocenters. The monoisotopic (exact) mass is 432 g/mol. The van der Waals surface area contributed by atoms with Gasteiger partial charge >= 0.3 is 0 Å². The zero-order valence-electron chi connectivity index (χ0n) is 16.7. The highest BCUT2D eigenvalue weighted by atomic mass is 35.5. The number of benzene rings is 1. The molecule has 160 valence electrons. The molecule has 0 radical (unpaired) electrons. The standard InChI is InChI=1S/C20H32N4O2.2ClH/c1-21-13-7-8-19(25)22-17-9-11-18(12-10-17)23-20(26)16-24-14-5-3-2-4-6-15-24;;/h9-12,21H,2-8,13-16H2,1H3,(H,22,25)(H,23,26);2*1H. The Balaban J connectivity index is 0.00000364. The van der Waals surface area contributed by atoms with Crippen LogP contribution in [-0.4, -0.2) is 49.9 Å². The molecule has 0 spiro atoms. The van der Waals surface area contributed by atoms with Crippen molar-refractivity contribution >= 4 is 48.0 Å². The highest BCUT2D eigenvalue weighted by Gasteiger charge is 2.12. The lowest BCUT2D eigenvalue weighted by Crippen LogP contribution is -2.35. The number of amides is 2. The van der Waals surface area contributed by atoms with E-state index in [1.807, 2.05) is 31.3 Å². The molecule has 6 nitrogen and oxygen atoms in total. The highest BCUT2D eigenvalue weighted by Crippen LogP contribution is 2.15. The second-order valence-corrected chi connectivity index (χ2v) is 6.92. The van der Waals surface area contributed by atoms with E-state index in [0.717, 1.165) is 37.4 Å². The second-order valence-electron chi connectivity index (χ2n) is 6.92. The van der Waals surface area contributed by atoms with Crippen LogP contribution in [0.3, 0.4) is 0 Å². The second kappa shape index (κ2) is 15.6. The van der Waals surface area contributed by atoms with Gasteiger partial charge in [-0.25, -0.2) is 0 Å². The first kappa shape index (κ1) is 26.7. The number of halogens is 2. The smallest absolute Gasteiger partial charge is 0.238 e. The zero-order chi connectivity index (χ0) is 18.6. The number of carbonyl (C=O) groups excluding carboxylic acids is 2. The molecule has 0 aromatic heterocycles. The third kappa shape index (κ3) is 10.9. The van der Waals surface area contributed by atoms with Crippen molar-refractivity contribution in [3.05, 3.63) is 24.3 Å². The zero-order valence-corrected chi connectivity index (χ0v) is 18.3.